The third-order valence-corrected chi connectivity index (χ3v) is 1.91. The quantitative estimate of drug-likeness (QED) is 0.722. The van der Waals surface area contributed by atoms with E-state index in [-0.39, 0.29) is 11.4 Å². The van der Waals surface area contributed by atoms with E-state index in [9.17, 15) is 4.79 Å². The molecule has 6 heteroatoms. The van der Waals surface area contributed by atoms with E-state index in [0.29, 0.717) is 11.6 Å². The Hall–Kier alpha value is -1.85. The molecule has 6 nitrogen and oxygen atoms in total. The normalized spacial score (nSPS) is 12.9. The van der Waals surface area contributed by atoms with E-state index in [4.69, 9.17) is 5.73 Å². The van der Waals surface area contributed by atoms with Crippen molar-refractivity contribution in [2.24, 2.45) is 0 Å². The molecule has 1 rings (SSSR count). The first-order valence-electron chi connectivity index (χ1n) is 5.44. The van der Waals surface area contributed by atoms with Crippen LogP contribution in [0.15, 0.2) is 12.4 Å². The predicted octanol–water partition coefficient (Wildman–Crippen LogP) is 0.774. The molecular formula is C11H19N5O. The number of rotatable bonds is 3. The minimum atomic E-state index is -0.398. The molecule has 0 bridgehead atoms. The SMILES string of the molecule is CC(Nc1cncc(N)n1)C(=O)NC(C)(C)C. The van der Waals surface area contributed by atoms with Gasteiger partial charge in [-0.05, 0) is 27.7 Å². The molecule has 1 unspecified atom stereocenters. The van der Waals surface area contributed by atoms with Gasteiger partial charge in [0.2, 0.25) is 5.91 Å². The van der Waals surface area contributed by atoms with Gasteiger partial charge in [-0.25, -0.2) is 4.98 Å². The molecule has 0 fully saturated rings. The second-order valence-corrected chi connectivity index (χ2v) is 4.93. The molecular weight excluding hydrogens is 218 g/mol. The highest BCUT2D eigenvalue weighted by atomic mass is 16.2. The van der Waals surface area contributed by atoms with Crippen molar-refractivity contribution in [3.05, 3.63) is 12.4 Å². The lowest BCUT2D eigenvalue weighted by Gasteiger charge is -2.23. The molecule has 0 saturated heterocycles. The van der Waals surface area contributed by atoms with E-state index in [1.54, 1.807) is 6.92 Å². The second kappa shape index (κ2) is 4.99. The summed E-state index contributed by atoms with van der Waals surface area (Å²) in [5.74, 6) is 0.710. The maximum Gasteiger partial charge on any atom is 0.242 e. The molecule has 0 aliphatic rings. The monoisotopic (exact) mass is 237 g/mol. The number of hydrogen-bond donors (Lipinski definition) is 3. The number of carbonyl (C=O) groups excluding carboxylic acids is 1. The van der Waals surface area contributed by atoms with Crippen LogP contribution in [0.25, 0.3) is 0 Å². The number of hydrogen-bond acceptors (Lipinski definition) is 5. The molecule has 1 heterocycles. The molecule has 0 spiro atoms. The topological polar surface area (TPSA) is 92.9 Å². The average Bonchev–Trinajstić information content (AvgIpc) is 2.14. The van der Waals surface area contributed by atoms with Crippen LogP contribution in [-0.4, -0.2) is 27.5 Å². The third-order valence-electron chi connectivity index (χ3n) is 1.91. The van der Waals surface area contributed by atoms with Gasteiger partial charge in [-0.1, -0.05) is 0 Å². The molecule has 1 aromatic rings. The van der Waals surface area contributed by atoms with Crippen molar-refractivity contribution in [3.8, 4) is 0 Å². The van der Waals surface area contributed by atoms with E-state index in [0.717, 1.165) is 0 Å². The highest BCUT2D eigenvalue weighted by Gasteiger charge is 2.19. The molecule has 0 saturated carbocycles. The van der Waals surface area contributed by atoms with Gasteiger partial charge in [0.15, 0.2) is 0 Å². The molecule has 1 aromatic heterocycles. The van der Waals surface area contributed by atoms with Crippen LogP contribution in [0, 0.1) is 0 Å². The van der Waals surface area contributed by atoms with Crippen molar-refractivity contribution in [2.45, 2.75) is 39.3 Å². The Morgan fingerprint density at radius 3 is 2.59 bits per heavy atom. The van der Waals surface area contributed by atoms with E-state index in [2.05, 4.69) is 20.6 Å². The van der Waals surface area contributed by atoms with Crippen molar-refractivity contribution in [3.63, 3.8) is 0 Å². The standard InChI is InChI=1S/C11H19N5O/c1-7(10(17)16-11(2,3)4)14-9-6-13-5-8(12)15-9/h5-7H,1-4H3,(H,16,17)(H3,12,14,15). The minimum Gasteiger partial charge on any atom is -0.382 e. The van der Waals surface area contributed by atoms with Crippen molar-refractivity contribution in [2.75, 3.05) is 11.1 Å². The van der Waals surface area contributed by atoms with Crippen molar-refractivity contribution in [1.82, 2.24) is 15.3 Å². The summed E-state index contributed by atoms with van der Waals surface area (Å²) in [6, 6.07) is -0.398. The van der Waals surface area contributed by atoms with Gasteiger partial charge in [-0.3, -0.25) is 9.78 Å². The Morgan fingerprint density at radius 1 is 1.41 bits per heavy atom. The fourth-order valence-corrected chi connectivity index (χ4v) is 1.22. The lowest BCUT2D eigenvalue weighted by atomic mass is 10.1. The van der Waals surface area contributed by atoms with Crippen LogP contribution < -0.4 is 16.4 Å². The van der Waals surface area contributed by atoms with E-state index in [1.807, 2.05) is 20.8 Å². The lowest BCUT2D eigenvalue weighted by Crippen LogP contribution is -2.47. The van der Waals surface area contributed by atoms with Gasteiger partial charge in [-0.2, -0.15) is 0 Å². The number of amides is 1. The van der Waals surface area contributed by atoms with Crippen LogP contribution in [0.4, 0.5) is 11.6 Å². The summed E-state index contributed by atoms with van der Waals surface area (Å²) < 4.78 is 0. The highest BCUT2D eigenvalue weighted by Crippen LogP contribution is 2.06. The summed E-state index contributed by atoms with van der Waals surface area (Å²) in [7, 11) is 0. The molecule has 1 amide bonds. The minimum absolute atomic E-state index is 0.0956. The Labute approximate surface area is 101 Å². The van der Waals surface area contributed by atoms with Crippen molar-refractivity contribution in [1.29, 1.82) is 0 Å². The fraction of sp³-hybridized carbons (Fsp3) is 0.545. The largest absolute Gasteiger partial charge is 0.382 e. The molecule has 17 heavy (non-hydrogen) atoms. The molecule has 0 aliphatic carbocycles. The summed E-state index contributed by atoms with van der Waals surface area (Å²) in [5.41, 5.74) is 5.24. The Bertz CT molecular complexity index is 399. The molecule has 94 valence electrons. The number of nitrogens with two attached hydrogens (primary N) is 1. The van der Waals surface area contributed by atoms with E-state index < -0.39 is 6.04 Å². The van der Waals surface area contributed by atoms with Crippen molar-refractivity contribution >= 4 is 17.5 Å². The molecule has 4 N–H and O–H groups in total. The van der Waals surface area contributed by atoms with E-state index >= 15 is 0 Å². The number of aromatic nitrogens is 2. The highest BCUT2D eigenvalue weighted by molar-refractivity contribution is 5.84. The first-order chi connectivity index (χ1) is 7.78. The Morgan fingerprint density at radius 2 is 2.06 bits per heavy atom. The number of nitrogens with one attached hydrogen (secondary N) is 2. The third kappa shape index (κ3) is 4.67. The smallest absolute Gasteiger partial charge is 0.242 e. The average molecular weight is 237 g/mol. The summed E-state index contributed by atoms with van der Waals surface area (Å²) in [5, 5.41) is 5.81. The van der Waals surface area contributed by atoms with Gasteiger partial charge < -0.3 is 16.4 Å². The van der Waals surface area contributed by atoms with Crippen molar-refractivity contribution < 1.29 is 4.79 Å². The fourth-order valence-electron chi connectivity index (χ4n) is 1.22. The Balaban J connectivity index is 2.60. The van der Waals surface area contributed by atoms with Crippen LogP contribution in [0.1, 0.15) is 27.7 Å². The zero-order chi connectivity index (χ0) is 13.1. The number of nitrogens with zero attached hydrogens (tertiary/aromatic N) is 2. The van der Waals surface area contributed by atoms with E-state index in [1.165, 1.54) is 12.4 Å². The maximum atomic E-state index is 11.8. The van der Waals surface area contributed by atoms with Gasteiger partial charge in [-0.15, -0.1) is 0 Å². The van der Waals surface area contributed by atoms with Gasteiger partial charge in [0, 0.05) is 5.54 Å². The number of nitrogen functional groups attached to an aromatic ring is 1. The predicted molar refractivity (Wildman–Crippen MR) is 67.4 cm³/mol. The van der Waals surface area contributed by atoms with Gasteiger partial charge in [0.05, 0.1) is 12.4 Å². The summed E-state index contributed by atoms with van der Waals surface area (Å²) in [6.45, 7) is 7.54. The zero-order valence-electron chi connectivity index (χ0n) is 10.6. The van der Waals surface area contributed by atoms with Crippen LogP contribution in [0.3, 0.4) is 0 Å². The van der Waals surface area contributed by atoms with Crippen LogP contribution >= 0.6 is 0 Å². The molecule has 1 atom stereocenters. The second-order valence-electron chi connectivity index (χ2n) is 4.93. The molecule has 0 aromatic carbocycles. The Kier molecular flexibility index (Phi) is 3.88. The first-order valence-corrected chi connectivity index (χ1v) is 5.44. The van der Waals surface area contributed by atoms with Gasteiger partial charge in [0.25, 0.3) is 0 Å². The van der Waals surface area contributed by atoms with Gasteiger partial charge >= 0.3 is 0 Å². The maximum absolute atomic E-state index is 11.8. The number of carbonyl (C=O) groups is 1. The van der Waals surface area contributed by atoms with Crippen LogP contribution in [-0.2, 0) is 4.79 Å². The summed E-state index contributed by atoms with van der Waals surface area (Å²) >= 11 is 0. The molecule has 0 aliphatic heterocycles. The van der Waals surface area contributed by atoms with Gasteiger partial charge in [0.1, 0.15) is 17.7 Å². The summed E-state index contributed by atoms with van der Waals surface area (Å²) in [4.78, 5) is 19.7. The first kappa shape index (κ1) is 13.2. The van der Waals surface area contributed by atoms with Crippen LogP contribution in [0.5, 0.6) is 0 Å². The van der Waals surface area contributed by atoms with Crippen LogP contribution in [0.2, 0.25) is 0 Å². The lowest BCUT2D eigenvalue weighted by molar-refractivity contribution is -0.122. The zero-order valence-corrected chi connectivity index (χ0v) is 10.6. The number of anilines is 2. The summed E-state index contributed by atoms with van der Waals surface area (Å²) in [6.07, 6.45) is 2.97. The molecule has 0 radical (unpaired) electrons.